The minimum absolute atomic E-state index is 0.0432. The van der Waals surface area contributed by atoms with E-state index in [9.17, 15) is 13.6 Å². The van der Waals surface area contributed by atoms with E-state index < -0.39 is 6.43 Å². The molecular formula is C21H23F2N5O2. The van der Waals surface area contributed by atoms with Gasteiger partial charge in [-0.1, -0.05) is 0 Å². The molecule has 0 spiro atoms. The van der Waals surface area contributed by atoms with Crippen LogP contribution in [0, 0.1) is 12.8 Å². The number of amides is 1. The first-order valence-corrected chi connectivity index (χ1v) is 10.0. The number of rotatable bonds is 6. The molecule has 30 heavy (non-hydrogen) atoms. The molecule has 2 heterocycles. The Morgan fingerprint density at radius 3 is 2.70 bits per heavy atom. The van der Waals surface area contributed by atoms with E-state index in [1.165, 1.54) is 0 Å². The molecule has 3 aromatic rings. The minimum atomic E-state index is -2.36. The van der Waals surface area contributed by atoms with Gasteiger partial charge in [-0.05, 0) is 49.9 Å². The second-order valence-corrected chi connectivity index (χ2v) is 7.58. The molecule has 1 fully saturated rings. The van der Waals surface area contributed by atoms with Crippen LogP contribution >= 0.6 is 0 Å². The maximum atomic E-state index is 12.6. The number of nitrogens with one attached hydrogen (secondary N) is 2. The Kier molecular flexibility index (Phi) is 5.98. The van der Waals surface area contributed by atoms with E-state index in [2.05, 4.69) is 25.8 Å². The van der Waals surface area contributed by atoms with E-state index in [0.29, 0.717) is 48.7 Å². The highest BCUT2D eigenvalue weighted by Gasteiger charge is 2.26. The molecule has 9 heteroatoms. The van der Waals surface area contributed by atoms with E-state index in [-0.39, 0.29) is 24.4 Å². The maximum Gasteiger partial charge on any atom is 0.250 e. The molecule has 0 atom stereocenters. The fraction of sp³-hybridized carbons (Fsp3) is 0.429. The van der Waals surface area contributed by atoms with Crippen LogP contribution in [-0.2, 0) is 4.79 Å². The molecule has 1 aliphatic rings. The van der Waals surface area contributed by atoms with Gasteiger partial charge < -0.3 is 15.1 Å². The Morgan fingerprint density at radius 2 is 2.00 bits per heavy atom. The lowest BCUT2D eigenvalue weighted by molar-refractivity contribution is -0.120. The summed E-state index contributed by atoms with van der Waals surface area (Å²) in [6.45, 7) is 1.48. The average Bonchev–Trinajstić information content (AvgIpc) is 3.18. The number of carbonyl (C=O) groups is 1. The molecule has 7 nitrogen and oxygen atoms in total. The fourth-order valence-electron chi connectivity index (χ4n) is 3.80. The third-order valence-electron chi connectivity index (χ3n) is 5.40. The smallest absolute Gasteiger partial charge is 0.250 e. The van der Waals surface area contributed by atoms with Crippen LogP contribution in [0.25, 0.3) is 22.2 Å². The predicted molar refractivity (Wildman–Crippen MR) is 108 cm³/mol. The summed E-state index contributed by atoms with van der Waals surface area (Å²) in [5.74, 6) is 1.36. The van der Waals surface area contributed by atoms with E-state index in [1.54, 1.807) is 19.2 Å². The molecule has 1 aliphatic carbocycles. The first kappa shape index (κ1) is 20.3. The number of halogens is 2. The molecule has 0 unspecified atom stereocenters. The van der Waals surface area contributed by atoms with Crippen LogP contribution in [0.3, 0.4) is 0 Å². The van der Waals surface area contributed by atoms with E-state index in [1.807, 2.05) is 18.2 Å². The van der Waals surface area contributed by atoms with Crippen molar-refractivity contribution < 1.29 is 18.0 Å². The number of hydrogen-bond acceptors (Lipinski definition) is 6. The van der Waals surface area contributed by atoms with Gasteiger partial charge in [0.05, 0.1) is 18.3 Å². The number of hydrogen-bond donors (Lipinski definition) is 2. The Morgan fingerprint density at radius 1 is 1.20 bits per heavy atom. The van der Waals surface area contributed by atoms with Crippen LogP contribution in [0.4, 0.5) is 14.6 Å². The summed E-state index contributed by atoms with van der Waals surface area (Å²) in [5.41, 5.74) is 1.57. The average molecular weight is 415 g/mol. The number of nitrogens with zero attached hydrogens (tertiary/aromatic N) is 3. The molecule has 4 rings (SSSR count). The van der Waals surface area contributed by atoms with Gasteiger partial charge in [0.1, 0.15) is 0 Å². The summed E-state index contributed by atoms with van der Waals surface area (Å²) >= 11 is 0. The third kappa shape index (κ3) is 4.79. The van der Waals surface area contributed by atoms with E-state index >= 15 is 0 Å². The van der Waals surface area contributed by atoms with Crippen molar-refractivity contribution in [3.8, 4) is 11.3 Å². The number of fused-ring (bicyclic) bond motifs is 1. The number of benzene rings is 1. The van der Waals surface area contributed by atoms with Gasteiger partial charge in [-0.2, -0.15) is 0 Å². The molecule has 158 valence electrons. The van der Waals surface area contributed by atoms with Gasteiger partial charge in [0.2, 0.25) is 5.91 Å². The standard InChI is InChI=1S/C21H23F2N5O2/c1-12-24-10-18(30-12)14-4-7-17-15(8-14)9-20(28-27-17)26-21(29)13-2-5-16(6-3-13)25-11-19(22)23/h4,7-10,13,16,19,25H,2-3,5-6,11H2,1H3,(H,26,28,29). The van der Waals surface area contributed by atoms with Gasteiger partial charge in [-0.15, -0.1) is 10.2 Å². The maximum absolute atomic E-state index is 12.6. The number of oxazole rings is 1. The molecule has 0 bridgehead atoms. The lowest BCUT2D eigenvalue weighted by Crippen LogP contribution is -2.38. The molecule has 1 saturated carbocycles. The minimum Gasteiger partial charge on any atom is -0.441 e. The van der Waals surface area contributed by atoms with Crippen molar-refractivity contribution in [2.24, 2.45) is 5.92 Å². The van der Waals surface area contributed by atoms with Crippen molar-refractivity contribution >= 4 is 22.6 Å². The summed E-state index contributed by atoms with van der Waals surface area (Å²) in [5, 5.41) is 14.8. The lowest BCUT2D eigenvalue weighted by atomic mass is 9.85. The first-order valence-electron chi connectivity index (χ1n) is 10.0. The summed E-state index contributed by atoms with van der Waals surface area (Å²) < 4.78 is 30.2. The Balaban J connectivity index is 1.40. The summed E-state index contributed by atoms with van der Waals surface area (Å²) in [7, 11) is 0. The first-order chi connectivity index (χ1) is 14.5. The van der Waals surface area contributed by atoms with Crippen LogP contribution in [-0.4, -0.2) is 40.1 Å². The van der Waals surface area contributed by atoms with Gasteiger partial charge in [0.15, 0.2) is 17.5 Å². The van der Waals surface area contributed by atoms with E-state index in [4.69, 9.17) is 4.42 Å². The largest absolute Gasteiger partial charge is 0.441 e. The zero-order valence-corrected chi connectivity index (χ0v) is 16.6. The summed E-state index contributed by atoms with van der Waals surface area (Å²) in [4.78, 5) is 16.7. The normalized spacial score (nSPS) is 19.3. The van der Waals surface area contributed by atoms with Crippen molar-refractivity contribution in [1.29, 1.82) is 0 Å². The number of aromatic nitrogens is 3. The monoisotopic (exact) mass is 415 g/mol. The summed E-state index contributed by atoms with van der Waals surface area (Å²) in [6.07, 6.45) is 2.03. The molecular weight excluding hydrogens is 392 g/mol. The molecule has 0 saturated heterocycles. The summed E-state index contributed by atoms with van der Waals surface area (Å²) in [6, 6.07) is 7.47. The van der Waals surface area contributed by atoms with Crippen molar-refractivity contribution in [2.75, 3.05) is 11.9 Å². The van der Waals surface area contributed by atoms with Crippen molar-refractivity contribution in [3.05, 3.63) is 36.4 Å². The molecule has 2 N–H and O–H groups in total. The number of alkyl halides is 2. The second kappa shape index (κ2) is 8.83. The van der Waals surface area contributed by atoms with Crippen LogP contribution < -0.4 is 10.6 Å². The quantitative estimate of drug-likeness (QED) is 0.633. The van der Waals surface area contributed by atoms with Gasteiger partial charge in [0, 0.05) is 29.8 Å². The molecule has 1 amide bonds. The topological polar surface area (TPSA) is 92.9 Å². The van der Waals surface area contributed by atoms with Gasteiger partial charge in [-0.3, -0.25) is 4.79 Å². The third-order valence-corrected chi connectivity index (χ3v) is 5.40. The molecule has 0 aliphatic heterocycles. The van der Waals surface area contributed by atoms with Crippen LogP contribution in [0.1, 0.15) is 31.6 Å². The Bertz CT molecular complexity index is 1030. The zero-order chi connectivity index (χ0) is 21.1. The fourth-order valence-corrected chi connectivity index (χ4v) is 3.80. The van der Waals surface area contributed by atoms with Crippen molar-refractivity contribution in [2.45, 2.75) is 45.1 Å². The number of anilines is 1. The van der Waals surface area contributed by atoms with Crippen LogP contribution in [0.15, 0.2) is 34.9 Å². The lowest BCUT2D eigenvalue weighted by Gasteiger charge is -2.28. The predicted octanol–water partition coefficient (Wildman–Crippen LogP) is 3.95. The van der Waals surface area contributed by atoms with Gasteiger partial charge in [-0.25, -0.2) is 13.8 Å². The van der Waals surface area contributed by atoms with Crippen molar-refractivity contribution in [3.63, 3.8) is 0 Å². The Hall–Kier alpha value is -2.94. The Labute approximate surface area is 172 Å². The number of aryl methyl sites for hydroxylation is 1. The van der Waals surface area contributed by atoms with Crippen LogP contribution in [0.5, 0.6) is 0 Å². The highest BCUT2D eigenvalue weighted by Crippen LogP contribution is 2.27. The van der Waals surface area contributed by atoms with E-state index in [0.717, 1.165) is 10.9 Å². The molecule has 2 aromatic heterocycles. The SMILES string of the molecule is Cc1ncc(-c2ccc3nnc(NC(=O)C4CCC(NCC(F)F)CC4)cc3c2)o1. The number of carbonyl (C=O) groups excluding carboxylic acids is 1. The zero-order valence-electron chi connectivity index (χ0n) is 16.6. The highest BCUT2D eigenvalue weighted by atomic mass is 19.3. The van der Waals surface area contributed by atoms with Crippen LogP contribution in [0.2, 0.25) is 0 Å². The molecule has 0 radical (unpaired) electrons. The van der Waals surface area contributed by atoms with Crippen molar-refractivity contribution in [1.82, 2.24) is 20.5 Å². The second-order valence-electron chi connectivity index (χ2n) is 7.58. The van der Waals surface area contributed by atoms with Gasteiger partial charge in [0.25, 0.3) is 6.43 Å². The highest BCUT2D eigenvalue weighted by molar-refractivity contribution is 5.94. The van der Waals surface area contributed by atoms with Gasteiger partial charge >= 0.3 is 0 Å². The molecule has 1 aromatic carbocycles.